The zero-order chi connectivity index (χ0) is 25.6. The number of rotatable bonds is 10. The third-order valence-corrected chi connectivity index (χ3v) is 6.66. The van der Waals surface area contributed by atoms with Gasteiger partial charge in [-0.25, -0.2) is 4.98 Å². The largest absolute Gasteiger partial charge is 0.618 e. The van der Waals surface area contributed by atoms with E-state index in [-0.39, 0.29) is 16.4 Å². The minimum Gasteiger partial charge on any atom is -0.618 e. The lowest BCUT2D eigenvalue weighted by atomic mass is 10.2. The van der Waals surface area contributed by atoms with Crippen molar-refractivity contribution >= 4 is 34.1 Å². The molecule has 1 amide bonds. The van der Waals surface area contributed by atoms with Gasteiger partial charge in [0.2, 0.25) is 5.91 Å². The molecule has 1 unspecified atom stereocenters. The van der Waals surface area contributed by atoms with Crippen molar-refractivity contribution in [3.8, 4) is 0 Å². The van der Waals surface area contributed by atoms with E-state index in [1.807, 2.05) is 0 Å². The van der Waals surface area contributed by atoms with Gasteiger partial charge in [-0.3, -0.25) is 18.4 Å². The zero-order valence-electron chi connectivity index (χ0n) is 18.5. The van der Waals surface area contributed by atoms with Crippen molar-refractivity contribution in [2.75, 3.05) is 17.6 Å². The van der Waals surface area contributed by atoms with E-state index in [4.69, 9.17) is 11.6 Å². The molecule has 3 aromatic rings. The number of carbonyl (C=O) groups excluding carboxylic acids is 1. The molecule has 186 valence electrons. The Morgan fingerprint density at radius 2 is 1.97 bits per heavy atom. The quantitative estimate of drug-likeness (QED) is 0.309. The molecule has 3 rings (SSSR count). The minimum atomic E-state index is -3.61. The molecule has 2 N–H and O–H groups in total. The van der Waals surface area contributed by atoms with E-state index in [0.717, 1.165) is 23.0 Å². The normalized spacial score (nSPS) is 12.2. The fraction of sp³-hybridized carbons (Fsp3) is 0.273. The van der Waals surface area contributed by atoms with Crippen molar-refractivity contribution in [2.45, 2.75) is 30.8 Å². The van der Waals surface area contributed by atoms with E-state index in [1.165, 1.54) is 12.1 Å². The van der Waals surface area contributed by atoms with Gasteiger partial charge in [0.1, 0.15) is 11.7 Å². The van der Waals surface area contributed by atoms with Crippen LogP contribution >= 0.6 is 11.6 Å². The number of hydrogen-bond donors (Lipinski definition) is 2. The van der Waals surface area contributed by atoms with Gasteiger partial charge < -0.3 is 15.8 Å². The SMILES string of the molecule is CCS(=O)c1ccccc1CNC(=O)Cn1c(Cl)cnc(NCC(F)(F)c2cccc[n+]2[O-])c1=O. The molecule has 1 atom stereocenters. The molecule has 0 saturated heterocycles. The van der Waals surface area contributed by atoms with Crippen LogP contribution in [-0.2, 0) is 34.6 Å². The van der Waals surface area contributed by atoms with E-state index in [0.29, 0.717) is 16.2 Å². The summed E-state index contributed by atoms with van der Waals surface area (Å²) in [5.41, 5.74) is -1.03. The van der Waals surface area contributed by atoms with Gasteiger partial charge in [-0.15, -0.1) is 0 Å². The molecule has 9 nitrogen and oxygen atoms in total. The Morgan fingerprint density at radius 3 is 2.69 bits per heavy atom. The van der Waals surface area contributed by atoms with E-state index in [9.17, 15) is 27.8 Å². The maximum Gasteiger partial charge on any atom is 0.347 e. The number of anilines is 1. The average molecular weight is 526 g/mol. The van der Waals surface area contributed by atoms with Gasteiger partial charge in [-0.05, 0) is 17.7 Å². The number of amides is 1. The minimum absolute atomic E-state index is 0.0355. The fourth-order valence-corrected chi connectivity index (χ4v) is 4.31. The Labute approximate surface area is 206 Å². The molecule has 35 heavy (non-hydrogen) atoms. The molecule has 0 aliphatic heterocycles. The van der Waals surface area contributed by atoms with E-state index in [1.54, 1.807) is 31.2 Å². The number of pyridine rings is 1. The third kappa shape index (κ3) is 6.40. The van der Waals surface area contributed by atoms with Gasteiger partial charge in [0, 0.05) is 29.3 Å². The monoisotopic (exact) mass is 525 g/mol. The van der Waals surface area contributed by atoms with Crippen molar-refractivity contribution in [2.24, 2.45) is 0 Å². The Bertz CT molecular complexity index is 1300. The first-order valence-corrected chi connectivity index (χ1v) is 12.1. The first kappa shape index (κ1) is 26.2. The highest BCUT2D eigenvalue weighted by Gasteiger charge is 2.39. The molecule has 0 saturated carbocycles. The highest BCUT2D eigenvalue weighted by molar-refractivity contribution is 7.85. The lowest BCUT2D eigenvalue weighted by Gasteiger charge is -2.17. The summed E-state index contributed by atoms with van der Waals surface area (Å²) in [6, 6.07) is 10.5. The smallest absolute Gasteiger partial charge is 0.347 e. The van der Waals surface area contributed by atoms with E-state index < -0.39 is 52.8 Å². The van der Waals surface area contributed by atoms with Crippen molar-refractivity contribution in [3.05, 3.63) is 86.8 Å². The average Bonchev–Trinajstić information content (AvgIpc) is 2.84. The van der Waals surface area contributed by atoms with Crippen LogP contribution in [0, 0.1) is 5.21 Å². The summed E-state index contributed by atoms with van der Waals surface area (Å²) in [4.78, 5) is 29.5. The number of hydrogen-bond acceptors (Lipinski definition) is 6. The van der Waals surface area contributed by atoms with Crippen LogP contribution in [0.25, 0.3) is 0 Å². The van der Waals surface area contributed by atoms with Crippen LogP contribution in [0.5, 0.6) is 0 Å². The van der Waals surface area contributed by atoms with Crippen LogP contribution in [0.2, 0.25) is 5.15 Å². The van der Waals surface area contributed by atoms with Crippen LogP contribution in [0.3, 0.4) is 0 Å². The number of benzene rings is 1. The maximum atomic E-state index is 14.5. The lowest BCUT2D eigenvalue weighted by molar-refractivity contribution is -0.624. The topological polar surface area (TPSA) is 120 Å². The molecule has 0 aliphatic rings. The number of nitrogens with one attached hydrogen (secondary N) is 2. The number of alkyl halides is 2. The summed E-state index contributed by atoms with van der Waals surface area (Å²) in [6.07, 6.45) is 1.99. The number of halogens is 3. The van der Waals surface area contributed by atoms with Gasteiger partial charge in [0.25, 0.3) is 11.3 Å². The summed E-state index contributed by atoms with van der Waals surface area (Å²) in [6.45, 7) is 0.273. The highest BCUT2D eigenvalue weighted by Crippen LogP contribution is 2.25. The summed E-state index contributed by atoms with van der Waals surface area (Å²) < 4.78 is 42.0. The molecular weight excluding hydrogens is 504 g/mol. The first-order valence-electron chi connectivity index (χ1n) is 10.4. The third-order valence-electron chi connectivity index (χ3n) is 4.94. The fourth-order valence-electron chi connectivity index (χ4n) is 3.15. The van der Waals surface area contributed by atoms with Gasteiger partial charge in [0.15, 0.2) is 12.0 Å². The second kappa shape index (κ2) is 11.4. The zero-order valence-corrected chi connectivity index (χ0v) is 20.1. The summed E-state index contributed by atoms with van der Waals surface area (Å²) in [5.74, 6) is -4.23. The van der Waals surface area contributed by atoms with Gasteiger partial charge in [0.05, 0.1) is 23.5 Å². The summed E-state index contributed by atoms with van der Waals surface area (Å²) >= 11 is 6.01. The Hall–Kier alpha value is -3.38. The molecular formula is C22H22ClF2N5O4S. The second-order valence-corrected chi connectivity index (χ2v) is 9.40. The molecule has 2 heterocycles. The number of carbonyl (C=O) groups is 1. The summed E-state index contributed by atoms with van der Waals surface area (Å²) in [5, 5.41) is 16.3. The van der Waals surface area contributed by atoms with Crippen molar-refractivity contribution in [1.29, 1.82) is 0 Å². The van der Waals surface area contributed by atoms with Crippen LogP contribution < -0.4 is 20.9 Å². The summed E-state index contributed by atoms with van der Waals surface area (Å²) in [7, 11) is -1.22. The van der Waals surface area contributed by atoms with Gasteiger partial charge in [-0.2, -0.15) is 13.5 Å². The van der Waals surface area contributed by atoms with Crippen LogP contribution in [0.15, 0.2) is 64.5 Å². The molecule has 1 aromatic carbocycles. The lowest BCUT2D eigenvalue weighted by Crippen LogP contribution is -2.41. The Balaban J connectivity index is 1.70. The molecule has 0 spiro atoms. The standard InChI is InChI=1S/C22H22ClF2N5O4S/c1-2-35(34)16-8-4-3-7-15(16)11-26-19(31)13-29-18(23)12-27-20(21(29)32)28-14-22(24,25)17-9-5-6-10-30(17)33/h3-10,12H,2,11,13-14H2,1H3,(H,26,31)(H,27,28). The molecule has 2 aromatic heterocycles. The predicted octanol–water partition coefficient (Wildman–Crippen LogP) is 2.18. The predicted molar refractivity (Wildman–Crippen MR) is 127 cm³/mol. The van der Waals surface area contributed by atoms with Crippen LogP contribution in [0.4, 0.5) is 14.6 Å². The second-order valence-electron chi connectivity index (χ2n) is 7.31. The molecule has 0 radical (unpaired) electrons. The van der Waals surface area contributed by atoms with E-state index >= 15 is 0 Å². The Morgan fingerprint density at radius 1 is 1.26 bits per heavy atom. The van der Waals surface area contributed by atoms with Gasteiger partial charge in [-0.1, -0.05) is 36.7 Å². The number of aromatic nitrogens is 3. The van der Waals surface area contributed by atoms with Crippen molar-refractivity contribution in [3.63, 3.8) is 0 Å². The van der Waals surface area contributed by atoms with Crippen LogP contribution in [0.1, 0.15) is 18.2 Å². The first-order chi connectivity index (χ1) is 16.6. The molecule has 0 aliphatic carbocycles. The Kier molecular flexibility index (Phi) is 8.52. The molecule has 13 heteroatoms. The van der Waals surface area contributed by atoms with Crippen molar-refractivity contribution in [1.82, 2.24) is 14.9 Å². The van der Waals surface area contributed by atoms with Crippen molar-refractivity contribution < 1.29 is 22.5 Å². The van der Waals surface area contributed by atoms with Crippen LogP contribution in [-0.4, -0.2) is 32.0 Å². The highest BCUT2D eigenvalue weighted by atomic mass is 35.5. The number of nitrogens with zero attached hydrogens (tertiary/aromatic N) is 3. The molecule has 0 bridgehead atoms. The molecule has 0 fully saturated rings. The maximum absolute atomic E-state index is 14.5. The van der Waals surface area contributed by atoms with E-state index in [2.05, 4.69) is 15.6 Å². The van der Waals surface area contributed by atoms with Gasteiger partial charge >= 0.3 is 5.92 Å².